The lowest BCUT2D eigenvalue weighted by Crippen LogP contribution is -2.07. The number of methoxy groups -OCH3 is 1. The van der Waals surface area contributed by atoms with Crippen molar-refractivity contribution in [3.63, 3.8) is 0 Å². The van der Waals surface area contributed by atoms with Crippen molar-refractivity contribution in [2.75, 3.05) is 19.0 Å². The van der Waals surface area contributed by atoms with Gasteiger partial charge in [0, 0.05) is 6.08 Å². The molecule has 0 bridgehead atoms. The van der Waals surface area contributed by atoms with Gasteiger partial charge in [0.05, 0.1) is 23.9 Å². The fourth-order valence-electron chi connectivity index (χ4n) is 2.25. The molecule has 6 heteroatoms. The number of hydrogen-bond acceptors (Lipinski definition) is 5. The van der Waals surface area contributed by atoms with E-state index in [4.69, 9.17) is 9.47 Å². The molecular weight excluding hydrogens is 336 g/mol. The molecule has 2 aromatic carbocycles. The minimum absolute atomic E-state index is 0.222. The van der Waals surface area contributed by atoms with Crippen LogP contribution in [0.15, 0.2) is 48.5 Å². The van der Waals surface area contributed by atoms with Crippen molar-refractivity contribution < 1.29 is 14.3 Å². The minimum atomic E-state index is -0.222. The van der Waals surface area contributed by atoms with Crippen molar-refractivity contribution >= 4 is 38.7 Å². The van der Waals surface area contributed by atoms with Crippen LogP contribution in [-0.2, 0) is 4.79 Å². The number of nitrogens with zero attached hydrogens (tertiary/aromatic N) is 1. The number of anilines is 1. The van der Waals surface area contributed by atoms with Gasteiger partial charge < -0.3 is 9.47 Å². The quantitative estimate of drug-likeness (QED) is 0.668. The Hall–Kier alpha value is -2.86. The lowest BCUT2D eigenvalue weighted by Gasteiger charge is -2.02. The summed E-state index contributed by atoms with van der Waals surface area (Å²) in [6.07, 6.45) is 3.24. The molecule has 0 saturated carbocycles. The molecule has 3 rings (SSSR count). The van der Waals surface area contributed by atoms with E-state index in [1.807, 2.05) is 49.4 Å². The molecule has 5 nitrogen and oxygen atoms in total. The Balaban J connectivity index is 1.65. The Kier molecular flexibility index (Phi) is 5.30. The number of thiazole rings is 1. The van der Waals surface area contributed by atoms with Gasteiger partial charge in [-0.3, -0.25) is 10.1 Å². The number of rotatable bonds is 6. The van der Waals surface area contributed by atoms with Gasteiger partial charge in [0.2, 0.25) is 5.91 Å². The zero-order valence-electron chi connectivity index (χ0n) is 14.0. The monoisotopic (exact) mass is 354 g/mol. The van der Waals surface area contributed by atoms with E-state index in [9.17, 15) is 4.79 Å². The Morgan fingerprint density at radius 2 is 1.96 bits per heavy atom. The molecule has 1 amide bonds. The zero-order valence-corrected chi connectivity index (χ0v) is 14.8. The van der Waals surface area contributed by atoms with Crippen LogP contribution in [0.2, 0.25) is 0 Å². The van der Waals surface area contributed by atoms with E-state index in [0.717, 1.165) is 27.3 Å². The molecule has 0 saturated heterocycles. The van der Waals surface area contributed by atoms with E-state index < -0.39 is 0 Å². The summed E-state index contributed by atoms with van der Waals surface area (Å²) in [6, 6.07) is 13.2. The maximum Gasteiger partial charge on any atom is 0.250 e. The molecule has 1 heterocycles. The molecule has 0 unspecified atom stereocenters. The first-order valence-electron chi connectivity index (χ1n) is 7.84. The van der Waals surface area contributed by atoms with Crippen LogP contribution in [0.25, 0.3) is 16.3 Å². The van der Waals surface area contributed by atoms with Crippen LogP contribution in [0.3, 0.4) is 0 Å². The van der Waals surface area contributed by atoms with E-state index in [1.165, 1.54) is 17.4 Å². The first kappa shape index (κ1) is 17.0. The highest BCUT2D eigenvalue weighted by atomic mass is 32.1. The zero-order chi connectivity index (χ0) is 17.6. The normalized spacial score (nSPS) is 11.0. The summed E-state index contributed by atoms with van der Waals surface area (Å²) >= 11 is 1.41. The number of aromatic nitrogens is 1. The number of fused-ring (bicyclic) bond motifs is 1. The fourth-order valence-corrected chi connectivity index (χ4v) is 3.14. The molecule has 0 aliphatic rings. The molecule has 25 heavy (non-hydrogen) atoms. The number of ether oxygens (including phenoxy) is 2. The topological polar surface area (TPSA) is 60.5 Å². The summed E-state index contributed by atoms with van der Waals surface area (Å²) in [6.45, 7) is 2.57. The van der Waals surface area contributed by atoms with Crippen LogP contribution in [0.5, 0.6) is 11.5 Å². The molecule has 1 aromatic heterocycles. The van der Waals surface area contributed by atoms with Crippen molar-refractivity contribution in [3.05, 3.63) is 54.1 Å². The highest BCUT2D eigenvalue weighted by Crippen LogP contribution is 2.29. The van der Waals surface area contributed by atoms with Crippen LogP contribution >= 0.6 is 11.3 Å². The first-order valence-corrected chi connectivity index (χ1v) is 8.66. The van der Waals surface area contributed by atoms with Crippen LogP contribution in [0, 0.1) is 0 Å². The van der Waals surface area contributed by atoms with Gasteiger partial charge in [-0.05, 0) is 48.9 Å². The summed E-state index contributed by atoms with van der Waals surface area (Å²) in [5.41, 5.74) is 1.75. The van der Waals surface area contributed by atoms with Crippen molar-refractivity contribution in [2.45, 2.75) is 6.92 Å². The minimum Gasteiger partial charge on any atom is -0.497 e. The molecule has 0 aliphatic carbocycles. The maximum absolute atomic E-state index is 12.1. The van der Waals surface area contributed by atoms with Crippen LogP contribution < -0.4 is 14.8 Å². The molecular formula is C19H18N2O3S. The van der Waals surface area contributed by atoms with Gasteiger partial charge >= 0.3 is 0 Å². The van der Waals surface area contributed by atoms with Gasteiger partial charge in [0.25, 0.3) is 0 Å². The van der Waals surface area contributed by atoms with E-state index in [0.29, 0.717) is 11.7 Å². The molecule has 0 radical (unpaired) electrons. The number of benzene rings is 2. The third kappa shape index (κ3) is 4.36. The van der Waals surface area contributed by atoms with E-state index in [-0.39, 0.29) is 5.91 Å². The lowest BCUT2D eigenvalue weighted by atomic mass is 10.2. The Morgan fingerprint density at radius 1 is 1.20 bits per heavy atom. The van der Waals surface area contributed by atoms with Crippen molar-refractivity contribution in [2.24, 2.45) is 0 Å². The van der Waals surface area contributed by atoms with Gasteiger partial charge in [0.1, 0.15) is 11.5 Å². The summed E-state index contributed by atoms with van der Waals surface area (Å²) in [4.78, 5) is 16.5. The SMILES string of the molecule is CCOc1ccc(/C=C/C(=O)Nc2nc3ccc(OC)cc3s2)cc1. The Bertz CT molecular complexity index is 901. The second kappa shape index (κ2) is 7.81. The fraction of sp³-hybridized carbons (Fsp3) is 0.158. The molecule has 0 aliphatic heterocycles. The lowest BCUT2D eigenvalue weighted by molar-refractivity contribution is -0.111. The summed E-state index contributed by atoms with van der Waals surface area (Å²) in [7, 11) is 1.62. The second-order valence-electron chi connectivity index (χ2n) is 5.18. The van der Waals surface area contributed by atoms with Gasteiger partial charge in [-0.15, -0.1) is 0 Å². The standard InChI is InChI=1S/C19H18N2O3S/c1-3-24-14-7-4-13(5-8-14)6-11-18(22)21-19-20-16-10-9-15(23-2)12-17(16)25-19/h4-12H,3H2,1-2H3,(H,20,21,22)/b11-6+. The second-order valence-corrected chi connectivity index (χ2v) is 6.21. The number of hydrogen-bond donors (Lipinski definition) is 1. The first-order chi connectivity index (χ1) is 12.2. The molecule has 1 N–H and O–H groups in total. The number of carbonyl (C=O) groups is 1. The van der Waals surface area contributed by atoms with E-state index in [1.54, 1.807) is 13.2 Å². The predicted octanol–water partition coefficient (Wildman–Crippen LogP) is 4.36. The average Bonchev–Trinajstić information content (AvgIpc) is 3.02. The van der Waals surface area contributed by atoms with Gasteiger partial charge in [-0.1, -0.05) is 23.5 Å². The number of amides is 1. The van der Waals surface area contributed by atoms with Crippen LogP contribution in [0.1, 0.15) is 12.5 Å². The molecule has 0 spiro atoms. The van der Waals surface area contributed by atoms with E-state index >= 15 is 0 Å². The third-order valence-corrected chi connectivity index (χ3v) is 4.38. The van der Waals surface area contributed by atoms with Gasteiger partial charge in [-0.2, -0.15) is 0 Å². The van der Waals surface area contributed by atoms with E-state index in [2.05, 4.69) is 10.3 Å². The predicted molar refractivity (Wildman–Crippen MR) is 101 cm³/mol. The van der Waals surface area contributed by atoms with Crippen LogP contribution in [0.4, 0.5) is 5.13 Å². The van der Waals surface area contributed by atoms with Gasteiger partial charge in [-0.25, -0.2) is 4.98 Å². The molecule has 128 valence electrons. The average molecular weight is 354 g/mol. The van der Waals surface area contributed by atoms with Crippen molar-refractivity contribution in [1.82, 2.24) is 4.98 Å². The van der Waals surface area contributed by atoms with Crippen molar-refractivity contribution in [1.29, 1.82) is 0 Å². The Labute approximate surface area is 149 Å². The smallest absolute Gasteiger partial charge is 0.250 e. The molecule has 3 aromatic rings. The molecule has 0 fully saturated rings. The highest BCUT2D eigenvalue weighted by Gasteiger charge is 2.07. The summed E-state index contributed by atoms with van der Waals surface area (Å²) < 4.78 is 11.5. The Morgan fingerprint density at radius 3 is 2.68 bits per heavy atom. The summed E-state index contributed by atoms with van der Waals surface area (Å²) in [5, 5.41) is 3.35. The number of nitrogens with one attached hydrogen (secondary N) is 1. The highest BCUT2D eigenvalue weighted by molar-refractivity contribution is 7.22. The van der Waals surface area contributed by atoms with Gasteiger partial charge in [0.15, 0.2) is 5.13 Å². The summed E-state index contributed by atoms with van der Waals surface area (Å²) in [5.74, 6) is 1.36. The number of carbonyl (C=O) groups excluding carboxylic acids is 1. The molecule has 0 atom stereocenters. The third-order valence-electron chi connectivity index (χ3n) is 3.44. The maximum atomic E-state index is 12.1. The van der Waals surface area contributed by atoms with Crippen molar-refractivity contribution in [3.8, 4) is 11.5 Å². The van der Waals surface area contributed by atoms with Crippen LogP contribution in [-0.4, -0.2) is 24.6 Å². The largest absolute Gasteiger partial charge is 0.497 e.